The van der Waals surface area contributed by atoms with Gasteiger partial charge in [-0.1, -0.05) is 43.6 Å². The van der Waals surface area contributed by atoms with E-state index in [0.29, 0.717) is 31.0 Å². The first-order chi connectivity index (χ1) is 10.8. The molecule has 1 saturated heterocycles. The van der Waals surface area contributed by atoms with Crippen LogP contribution in [0.15, 0.2) is 24.3 Å². The molecule has 4 nitrogen and oxygen atoms in total. The van der Waals surface area contributed by atoms with Gasteiger partial charge in [0, 0.05) is 18.1 Å². The van der Waals surface area contributed by atoms with Gasteiger partial charge in [-0.2, -0.15) is 0 Å². The summed E-state index contributed by atoms with van der Waals surface area (Å²) in [5.74, 6) is 0.378. The van der Waals surface area contributed by atoms with Crippen LogP contribution in [0.1, 0.15) is 32.3 Å². The van der Waals surface area contributed by atoms with Gasteiger partial charge in [0.15, 0.2) is 9.84 Å². The highest BCUT2D eigenvalue weighted by Gasteiger charge is 2.31. The summed E-state index contributed by atoms with van der Waals surface area (Å²) < 4.78 is 24.6. The lowest BCUT2D eigenvalue weighted by Gasteiger charge is -2.32. The molecule has 1 aromatic carbocycles. The Balaban J connectivity index is 1.92. The summed E-state index contributed by atoms with van der Waals surface area (Å²) in [6, 6.07) is 7.32. The maximum Gasteiger partial charge on any atom is 0.227 e. The summed E-state index contributed by atoms with van der Waals surface area (Å²) in [6.45, 7) is 4.84. The summed E-state index contributed by atoms with van der Waals surface area (Å²) in [4.78, 5) is 14.1. The van der Waals surface area contributed by atoms with Crippen molar-refractivity contribution in [2.45, 2.75) is 38.4 Å². The molecule has 128 valence electrons. The number of hydrogen-bond donors (Lipinski definition) is 0. The summed E-state index contributed by atoms with van der Waals surface area (Å²) >= 11 is 6.09. The van der Waals surface area contributed by atoms with Crippen LogP contribution in [0.2, 0.25) is 5.02 Å². The number of nitrogens with zero attached hydrogens (tertiary/aromatic N) is 1. The predicted octanol–water partition coefficient (Wildman–Crippen LogP) is 2.94. The fourth-order valence-corrected chi connectivity index (χ4v) is 5.31. The minimum atomic E-state index is -3.06. The van der Waals surface area contributed by atoms with E-state index in [1.54, 1.807) is 11.0 Å². The van der Waals surface area contributed by atoms with Crippen molar-refractivity contribution in [3.8, 4) is 0 Å². The van der Waals surface area contributed by atoms with Crippen molar-refractivity contribution in [3.05, 3.63) is 34.9 Å². The van der Waals surface area contributed by atoms with Crippen LogP contribution in [0.3, 0.4) is 0 Å². The molecule has 0 radical (unpaired) electrons. The third-order valence-electron chi connectivity index (χ3n) is 4.17. The van der Waals surface area contributed by atoms with Crippen molar-refractivity contribution in [1.29, 1.82) is 0 Å². The largest absolute Gasteiger partial charge is 0.342 e. The molecule has 0 bridgehead atoms. The van der Waals surface area contributed by atoms with Crippen LogP contribution in [0.5, 0.6) is 0 Å². The average Bonchev–Trinajstić information content (AvgIpc) is 2.48. The fraction of sp³-hybridized carbons (Fsp3) is 0.588. The number of rotatable bonds is 5. The zero-order valence-electron chi connectivity index (χ0n) is 13.7. The van der Waals surface area contributed by atoms with Crippen LogP contribution in [0.25, 0.3) is 0 Å². The van der Waals surface area contributed by atoms with Gasteiger partial charge in [0.1, 0.15) is 0 Å². The van der Waals surface area contributed by atoms with E-state index in [0.717, 1.165) is 5.56 Å². The van der Waals surface area contributed by atoms with Gasteiger partial charge in [-0.3, -0.25) is 4.79 Å². The Bertz CT molecular complexity index is 650. The SMILES string of the molecule is CC(C)CS(=O)(=O)C1CCN(C(=O)Cc2ccccc2Cl)CC1. The zero-order chi connectivity index (χ0) is 17.0. The summed E-state index contributed by atoms with van der Waals surface area (Å²) in [5.41, 5.74) is 0.814. The number of benzene rings is 1. The van der Waals surface area contributed by atoms with Gasteiger partial charge in [-0.25, -0.2) is 8.42 Å². The van der Waals surface area contributed by atoms with E-state index in [2.05, 4.69) is 0 Å². The third-order valence-corrected chi connectivity index (χ3v) is 7.15. The van der Waals surface area contributed by atoms with E-state index in [1.165, 1.54) is 0 Å². The molecule has 0 spiro atoms. The Morgan fingerprint density at radius 2 is 1.87 bits per heavy atom. The molecular weight excluding hydrogens is 334 g/mol. The minimum absolute atomic E-state index is 0.0119. The second kappa shape index (κ2) is 7.67. The van der Waals surface area contributed by atoms with Crippen LogP contribution in [0.4, 0.5) is 0 Å². The molecule has 1 aromatic rings. The number of amides is 1. The second-order valence-corrected chi connectivity index (χ2v) is 9.30. The normalized spacial score (nSPS) is 16.8. The van der Waals surface area contributed by atoms with Crippen LogP contribution < -0.4 is 0 Å². The third kappa shape index (κ3) is 4.95. The molecule has 0 saturated carbocycles. The van der Waals surface area contributed by atoms with Gasteiger partial charge in [0.05, 0.1) is 17.4 Å². The van der Waals surface area contributed by atoms with Crippen LogP contribution in [-0.4, -0.2) is 43.3 Å². The second-order valence-electron chi connectivity index (χ2n) is 6.57. The molecule has 0 aliphatic carbocycles. The molecule has 1 aliphatic heterocycles. The van der Waals surface area contributed by atoms with E-state index in [-0.39, 0.29) is 29.2 Å². The quantitative estimate of drug-likeness (QED) is 0.814. The Morgan fingerprint density at radius 3 is 2.43 bits per heavy atom. The highest BCUT2D eigenvalue weighted by molar-refractivity contribution is 7.92. The van der Waals surface area contributed by atoms with Gasteiger partial charge in [0.25, 0.3) is 0 Å². The van der Waals surface area contributed by atoms with Crippen molar-refractivity contribution in [2.75, 3.05) is 18.8 Å². The Labute approximate surface area is 143 Å². The molecule has 1 fully saturated rings. The monoisotopic (exact) mass is 357 g/mol. The zero-order valence-corrected chi connectivity index (χ0v) is 15.2. The molecule has 0 atom stereocenters. The molecule has 1 amide bonds. The number of halogens is 1. The molecule has 0 unspecified atom stereocenters. The average molecular weight is 358 g/mol. The summed E-state index contributed by atoms with van der Waals surface area (Å²) in [5, 5.41) is 0.282. The fourth-order valence-electron chi connectivity index (χ4n) is 2.98. The van der Waals surface area contributed by atoms with Crippen LogP contribution >= 0.6 is 11.6 Å². The van der Waals surface area contributed by atoms with Crippen LogP contribution in [-0.2, 0) is 21.1 Å². The number of carbonyl (C=O) groups is 1. The van der Waals surface area contributed by atoms with Crippen molar-refractivity contribution in [2.24, 2.45) is 5.92 Å². The van der Waals surface area contributed by atoms with E-state index in [1.807, 2.05) is 32.0 Å². The van der Waals surface area contributed by atoms with Crippen molar-refractivity contribution >= 4 is 27.3 Å². The summed E-state index contributed by atoms with van der Waals surface area (Å²) in [6.07, 6.45) is 1.33. The number of sulfone groups is 1. The molecule has 23 heavy (non-hydrogen) atoms. The Hall–Kier alpha value is -1.07. The molecule has 2 rings (SSSR count). The number of hydrogen-bond acceptors (Lipinski definition) is 3. The number of piperidine rings is 1. The van der Waals surface area contributed by atoms with Crippen molar-refractivity contribution < 1.29 is 13.2 Å². The molecule has 1 heterocycles. The maximum atomic E-state index is 12.4. The van der Waals surface area contributed by atoms with Crippen LogP contribution in [0, 0.1) is 5.92 Å². The predicted molar refractivity (Wildman–Crippen MR) is 93.4 cm³/mol. The standard InChI is InChI=1S/C17H24ClNO3S/c1-13(2)12-23(21,22)15-7-9-19(10-8-15)17(20)11-14-5-3-4-6-16(14)18/h3-6,13,15H,7-12H2,1-2H3. The van der Waals surface area contributed by atoms with Crippen molar-refractivity contribution in [3.63, 3.8) is 0 Å². The molecule has 0 aromatic heterocycles. The first kappa shape index (κ1) is 18.3. The van der Waals surface area contributed by atoms with Crippen molar-refractivity contribution in [1.82, 2.24) is 4.90 Å². The first-order valence-corrected chi connectivity index (χ1v) is 10.1. The smallest absolute Gasteiger partial charge is 0.227 e. The molecule has 0 N–H and O–H groups in total. The van der Waals surface area contributed by atoms with E-state index < -0.39 is 9.84 Å². The minimum Gasteiger partial charge on any atom is -0.342 e. The Kier molecular flexibility index (Phi) is 6.09. The number of carbonyl (C=O) groups excluding carboxylic acids is 1. The van der Waals surface area contributed by atoms with E-state index >= 15 is 0 Å². The lowest BCUT2D eigenvalue weighted by Crippen LogP contribution is -2.43. The first-order valence-electron chi connectivity index (χ1n) is 8.02. The van der Waals surface area contributed by atoms with Gasteiger partial charge in [-0.15, -0.1) is 0 Å². The maximum absolute atomic E-state index is 12.4. The van der Waals surface area contributed by atoms with Gasteiger partial charge >= 0.3 is 0 Å². The van der Waals surface area contributed by atoms with Gasteiger partial charge < -0.3 is 4.90 Å². The van der Waals surface area contributed by atoms with E-state index in [9.17, 15) is 13.2 Å². The lowest BCUT2D eigenvalue weighted by molar-refractivity contribution is -0.131. The van der Waals surface area contributed by atoms with E-state index in [4.69, 9.17) is 11.6 Å². The van der Waals surface area contributed by atoms with Gasteiger partial charge in [-0.05, 0) is 30.4 Å². The highest BCUT2D eigenvalue weighted by Crippen LogP contribution is 2.22. The Morgan fingerprint density at radius 1 is 1.26 bits per heavy atom. The lowest BCUT2D eigenvalue weighted by atomic mass is 10.1. The molecule has 1 aliphatic rings. The van der Waals surface area contributed by atoms with Gasteiger partial charge in [0.2, 0.25) is 5.91 Å². The molecular formula is C17H24ClNO3S. The summed E-state index contributed by atoms with van der Waals surface area (Å²) in [7, 11) is -3.06. The topological polar surface area (TPSA) is 54.5 Å². The number of likely N-dealkylation sites (tertiary alicyclic amines) is 1. The molecule has 6 heteroatoms. The highest BCUT2D eigenvalue weighted by atomic mass is 35.5.